The molecule has 1 saturated heterocycles. The van der Waals surface area contributed by atoms with Crippen molar-refractivity contribution in [2.45, 2.75) is 38.6 Å². The fourth-order valence-electron chi connectivity index (χ4n) is 4.98. The van der Waals surface area contributed by atoms with Gasteiger partial charge in [0, 0.05) is 24.8 Å². The molecule has 1 aliphatic heterocycles. The van der Waals surface area contributed by atoms with Crippen molar-refractivity contribution in [3.05, 3.63) is 73.3 Å². The first kappa shape index (κ1) is 27.2. The normalized spacial score (nSPS) is 15.2. The van der Waals surface area contributed by atoms with E-state index in [0.29, 0.717) is 31.2 Å². The molecular formula is C31H33FN4O4. The van der Waals surface area contributed by atoms with Crippen molar-refractivity contribution in [1.29, 1.82) is 0 Å². The second-order valence-electron chi connectivity index (χ2n) is 9.71. The van der Waals surface area contributed by atoms with Gasteiger partial charge in [0.1, 0.15) is 17.0 Å². The molecule has 0 aliphatic carbocycles. The number of benzene rings is 2. The Kier molecular flexibility index (Phi) is 8.28. The van der Waals surface area contributed by atoms with Crippen LogP contribution in [0.25, 0.3) is 22.2 Å². The third-order valence-corrected chi connectivity index (χ3v) is 7.06. The molecule has 1 aliphatic rings. The summed E-state index contributed by atoms with van der Waals surface area (Å²) in [5, 5.41) is 5.91. The summed E-state index contributed by atoms with van der Waals surface area (Å²) >= 11 is 0. The Balaban J connectivity index is 1.51. The van der Waals surface area contributed by atoms with Gasteiger partial charge in [-0.15, -0.1) is 0 Å². The zero-order chi connectivity index (χ0) is 28.1. The van der Waals surface area contributed by atoms with E-state index in [1.54, 1.807) is 42.7 Å². The molecule has 40 heavy (non-hydrogen) atoms. The lowest BCUT2D eigenvalue weighted by atomic mass is 10.1. The van der Waals surface area contributed by atoms with E-state index in [-0.39, 0.29) is 23.4 Å². The average molecular weight is 545 g/mol. The molecule has 1 amide bonds. The number of hydrogen-bond donors (Lipinski definition) is 0. The highest BCUT2D eigenvalue weighted by Gasteiger charge is 2.28. The van der Waals surface area contributed by atoms with Crippen molar-refractivity contribution in [3.63, 3.8) is 0 Å². The SMILES string of the molecule is C=CC(=O)N1CCC[C@@H](n2nc(-c3ccc(Oc4cccc(OC)c4F)cc3)c3cncc(OCCCC)c32)C1. The smallest absolute Gasteiger partial charge is 0.246 e. The lowest BCUT2D eigenvalue weighted by Gasteiger charge is -2.32. The van der Waals surface area contributed by atoms with Crippen LogP contribution in [0.4, 0.5) is 4.39 Å². The standard InChI is InChI=1S/C31H33FN4O4/c1-4-6-17-39-27-19-33-18-24-30(34-36(31(24)27)22-9-8-16-35(20-22)28(37)5-2)21-12-14-23(15-13-21)40-26-11-7-10-25(38-3)29(26)32/h5,7,10-15,18-19,22H,2,4,6,8-9,16-17,20H2,1,3H3/t22-/m1/s1. The fraction of sp³-hybridized carbons (Fsp3) is 0.323. The first-order valence-corrected chi connectivity index (χ1v) is 13.5. The summed E-state index contributed by atoms with van der Waals surface area (Å²) in [7, 11) is 1.41. The second-order valence-corrected chi connectivity index (χ2v) is 9.71. The minimum absolute atomic E-state index is 0.0246. The number of piperidine rings is 1. The summed E-state index contributed by atoms with van der Waals surface area (Å²) in [6.45, 7) is 7.59. The summed E-state index contributed by atoms with van der Waals surface area (Å²) in [5.74, 6) is 0.711. The fourth-order valence-corrected chi connectivity index (χ4v) is 4.98. The maximum absolute atomic E-state index is 14.6. The van der Waals surface area contributed by atoms with Crippen LogP contribution in [-0.4, -0.2) is 52.4 Å². The Hall–Kier alpha value is -4.40. The van der Waals surface area contributed by atoms with Gasteiger partial charge in [0.15, 0.2) is 17.2 Å². The molecule has 2 aromatic carbocycles. The van der Waals surface area contributed by atoms with Crippen molar-refractivity contribution < 1.29 is 23.4 Å². The molecule has 9 heteroatoms. The number of halogens is 1. The van der Waals surface area contributed by atoms with E-state index in [2.05, 4.69) is 18.5 Å². The lowest BCUT2D eigenvalue weighted by Crippen LogP contribution is -2.40. The Bertz CT molecular complexity index is 1500. The number of carbonyl (C=O) groups is 1. The third kappa shape index (κ3) is 5.50. The highest BCUT2D eigenvalue weighted by atomic mass is 19.1. The van der Waals surface area contributed by atoms with Gasteiger partial charge in [-0.25, -0.2) is 0 Å². The highest BCUT2D eigenvalue weighted by molar-refractivity contribution is 5.96. The molecule has 0 radical (unpaired) electrons. The highest BCUT2D eigenvalue weighted by Crippen LogP contribution is 2.38. The molecule has 0 unspecified atom stereocenters. The van der Waals surface area contributed by atoms with Crippen molar-refractivity contribution in [3.8, 4) is 34.3 Å². The topological polar surface area (TPSA) is 78.7 Å². The van der Waals surface area contributed by atoms with Crippen molar-refractivity contribution in [2.24, 2.45) is 0 Å². The second kappa shape index (κ2) is 12.2. The van der Waals surface area contributed by atoms with Gasteiger partial charge in [-0.2, -0.15) is 9.49 Å². The summed E-state index contributed by atoms with van der Waals surface area (Å²) in [4.78, 5) is 18.7. The van der Waals surface area contributed by atoms with E-state index >= 15 is 0 Å². The van der Waals surface area contributed by atoms with Gasteiger partial charge in [-0.05, 0) is 61.7 Å². The van der Waals surface area contributed by atoms with Gasteiger partial charge in [0.05, 0.1) is 31.3 Å². The molecule has 2 aromatic heterocycles. The van der Waals surface area contributed by atoms with Crippen molar-refractivity contribution in [1.82, 2.24) is 19.7 Å². The van der Waals surface area contributed by atoms with E-state index in [1.165, 1.54) is 13.2 Å². The van der Waals surface area contributed by atoms with Crippen LogP contribution in [0.2, 0.25) is 0 Å². The Morgan fingerprint density at radius 1 is 1.15 bits per heavy atom. The molecule has 0 saturated carbocycles. The Labute approximate surface area is 233 Å². The van der Waals surface area contributed by atoms with Crippen molar-refractivity contribution >= 4 is 16.8 Å². The van der Waals surface area contributed by atoms with E-state index in [1.807, 2.05) is 21.7 Å². The number of hydrogen-bond acceptors (Lipinski definition) is 6. The molecule has 4 aromatic rings. The monoisotopic (exact) mass is 544 g/mol. The van der Waals surface area contributed by atoms with Crippen molar-refractivity contribution in [2.75, 3.05) is 26.8 Å². The first-order chi connectivity index (χ1) is 19.5. The molecule has 0 bridgehead atoms. The van der Waals surface area contributed by atoms with Gasteiger partial charge in [0.2, 0.25) is 11.7 Å². The Morgan fingerprint density at radius 2 is 1.95 bits per heavy atom. The number of amides is 1. The largest absolute Gasteiger partial charge is 0.494 e. The van der Waals surface area contributed by atoms with Crippen LogP contribution in [0.3, 0.4) is 0 Å². The molecule has 0 N–H and O–H groups in total. The molecule has 3 heterocycles. The van der Waals surface area contributed by atoms with E-state index in [4.69, 9.17) is 19.3 Å². The van der Waals surface area contributed by atoms with Crippen LogP contribution in [0, 0.1) is 5.82 Å². The average Bonchev–Trinajstić information content (AvgIpc) is 3.39. The molecular weight excluding hydrogens is 511 g/mol. The lowest BCUT2D eigenvalue weighted by molar-refractivity contribution is -0.127. The number of methoxy groups -OCH3 is 1. The summed E-state index contributed by atoms with van der Waals surface area (Å²) in [6, 6.07) is 12.1. The number of ether oxygens (including phenoxy) is 3. The van der Waals surface area contributed by atoms with Crippen LogP contribution in [-0.2, 0) is 4.79 Å². The summed E-state index contributed by atoms with van der Waals surface area (Å²) in [5.41, 5.74) is 2.46. The van der Waals surface area contributed by atoms with Crippen LogP contribution in [0.5, 0.6) is 23.0 Å². The minimum Gasteiger partial charge on any atom is -0.494 e. The van der Waals surface area contributed by atoms with Gasteiger partial charge >= 0.3 is 0 Å². The molecule has 1 fully saturated rings. The maximum atomic E-state index is 14.6. The number of fused-ring (bicyclic) bond motifs is 1. The number of carbonyl (C=O) groups excluding carboxylic acids is 1. The minimum atomic E-state index is -0.558. The molecule has 208 valence electrons. The summed E-state index contributed by atoms with van der Waals surface area (Å²) in [6.07, 6.45) is 8.58. The zero-order valence-electron chi connectivity index (χ0n) is 22.8. The van der Waals surface area contributed by atoms with Gasteiger partial charge in [-0.1, -0.05) is 26.0 Å². The quantitative estimate of drug-likeness (QED) is 0.166. The van der Waals surface area contributed by atoms with Gasteiger partial charge < -0.3 is 19.1 Å². The number of aromatic nitrogens is 3. The number of pyridine rings is 1. The number of unbranched alkanes of at least 4 members (excludes halogenated alkanes) is 1. The van der Waals surface area contributed by atoms with Gasteiger partial charge in [-0.3, -0.25) is 14.5 Å². The van der Waals surface area contributed by atoms with E-state index in [9.17, 15) is 9.18 Å². The number of likely N-dealkylation sites (tertiary alicyclic amines) is 1. The van der Waals surface area contributed by atoms with E-state index in [0.717, 1.165) is 47.8 Å². The number of rotatable bonds is 10. The molecule has 1 atom stereocenters. The van der Waals surface area contributed by atoms with Crippen LogP contribution >= 0.6 is 0 Å². The van der Waals surface area contributed by atoms with Crippen LogP contribution < -0.4 is 14.2 Å². The predicted octanol–water partition coefficient (Wildman–Crippen LogP) is 6.57. The van der Waals surface area contributed by atoms with Crippen LogP contribution in [0.1, 0.15) is 38.6 Å². The Morgan fingerprint density at radius 3 is 2.70 bits per heavy atom. The van der Waals surface area contributed by atoms with Crippen LogP contribution in [0.15, 0.2) is 67.5 Å². The summed E-state index contributed by atoms with van der Waals surface area (Å²) < 4.78 is 33.6. The van der Waals surface area contributed by atoms with E-state index < -0.39 is 5.82 Å². The first-order valence-electron chi connectivity index (χ1n) is 13.5. The predicted molar refractivity (Wildman–Crippen MR) is 151 cm³/mol. The molecule has 5 rings (SSSR count). The number of nitrogens with zero attached hydrogens (tertiary/aromatic N) is 4. The molecule has 8 nitrogen and oxygen atoms in total. The third-order valence-electron chi connectivity index (χ3n) is 7.06. The zero-order valence-corrected chi connectivity index (χ0v) is 22.8. The molecule has 0 spiro atoms. The maximum Gasteiger partial charge on any atom is 0.246 e. The van der Waals surface area contributed by atoms with Gasteiger partial charge in [0.25, 0.3) is 0 Å².